The Morgan fingerprint density at radius 1 is 0.519 bits per heavy atom. The normalized spacial score (nSPS) is 12.7. The van der Waals surface area contributed by atoms with Gasteiger partial charge in [0.15, 0.2) is 25.5 Å². The van der Waals surface area contributed by atoms with Crippen molar-refractivity contribution in [3.05, 3.63) is 108 Å². The summed E-state index contributed by atoms with van der Waals surface area (Å²) in [4.78, 5) is 0. The molecule has 0 saturated carbocycles. The summed E-state index contributed by atoms with van der Waals surface area (Å²) in [6, 6.07) is 30.6. The first-order chi connectivity index (χ1) is 13.4. The van der Waals surface area contributed by atoms with Crippen LogP contribution in [0, 0.1) is 0 Å². The third kappa shape index (κ3) is 2.93. The van der Waals surface area contributed by atoms with Crippen LogP contribution in [0.15, 0.2) is 97.3 Å². The maximum absolute atomic E-state index is 2.39. The van der Waals surface area contributed by atoms with Crippen LogP contribution < -0.4 is 9.13 Å². The van der Waals surface area contributed by atoms with Crippen molar-refractivity contribution in [2.24, 2.45) is 0 Å². The molecule has 2 aromatic heterocycles. The fourth-order valence-electron chi connectivity index (χ4n) is 4.10. The highest BCUT2D eigenvalue weighted by molar-refractivity contribution is 5.63. The Balaban J connectivity index is 1.78. The Kier molecular flexibility index (Phi) is 4.02. The van der Waals surface area contributed by atoms with Gasteiger partial charge >= 0.3 is 0 Å². The zero-order valence-corrected chi connectivity index (χ0v) is 15.3. The summed E-state index contributed by atoms with van der Waals surface area (Å²) in [5.41, 5.74) is 7.94. The van der Waals surface area contributed by atoms with E-state index in [2.05, 4.69) is 106 Å². The third-order valence-electron chi connectivity index (χ3n) is 5.43. The quantitative estimate of drug-likeness (QED) is 0.420. The van der Waals surface area contributed by atoms with Gasteiger partial charge in [0.1, 0.15) is 0 Å². The predicted molar refractivity (Wildman–Crippen MR) is 107 cm³/mol. The summed E-state index contributed by atoms with van der Waals surface area (Å²) < 4.78 is 4.76. The SMILES string of the molecule is c1ccc2c(c1)C[n+]1ccccc1-c1ccccc1CC[n+]1ccccc1-2. The molecule has 1 aliphatic rings. The van der Waals surface area contributed by atoms with Gasteiger partial charge in [0, 0.05) is 41.8 Å². The lowest BCUT2D eigenvalue weighted by Crippen LogP contribution is -2.37. The van der Waals surface area contributed by atoms with Crippen LogP contribution >= 0.6 is 0 Å². The number of rotatable bonds is 0. The van der Waals surface area contributed by atoms with Crippen LogP contribution in [0.25, 0.3) is 22.5 Å². The molecule has 0 bridgehead atoms. The van der Waals surface area contributed by atoms with Gasteiger partial charge in [-0.2, -0.15) is 9.13 Å². The van der Waals surface area contributed by atoms with Crippen LogP contribution in [0.4, 0.5) is 0 Å². The van der Waals surface area contributed by atoms with E-state index < -0.39 is 0 Å². The summed E-state index contributed by atoms with van der Waals surface area (Å²) in [6.45, 7) is 1.82. The fourth-order valence-corrected chi connectivity index (χ4v) is 4.10. The zero-order chi connectivity index (χ0) is 18.1. The number of benzene rings is 2. The molecule has 0 N–H and O–H groups in total. The highest BCUT2D eigenvalue weighted by Crippen LogP contribution is 2.25. The molecule has 27 heavy (non-hydrogen) atoms. The van der Waals surface area contributed by atoms with Crippen molar-refractivity contribution in [3.8, 4) is 22.5 Å². The van der Waals surface area contributed by atoms with Crippen LogP contribution in [0.2, 0.25) is 0 Å². The van der Waals surface area contributed by atoms with Crippen LogP contribution in [0.3, 0.4) is 0 Å². The molecule has 0 spiro atoms. The van der Waals surface area contributed by atoms with Gasteiger partial charge in [-0.15, -0.1) is 0 Å². The number of pyridine rings is 2. The molecule has 0 saturated heterocycles. The molecular formula is C25H22N2+2. The molecule has 2 aromatic carbocycles. The van der Waals surface area contributed by atoms with Crippen LogP contribution in [0.5, 0.6) is 0 Å². The van der Waals surface area contributed by atoms with Crippen molar-refractivity contribution < 1.29 is 9.13 Å². The second-order valence-corrected chi connectivity index (χ2v) is 7.06. The van der Waals surface area contributed by atoms with E-state index >= 15 is 0 Å². The van der Waals surface area contributed by atoms with E-state index in [0.717, 1.165) is 19.5 Å². The number of aryl methyl sites for hydroxylation is 2. The third-order valence-corrected chi connectivity index (χ3v) is 5.43. The van der Waals surface area contributed by atoms with Crippen LogP contribution in [0.1, 0.15) is 11.1 Å². The highest BCUT2D eigenvalue weighted by Gasteiger charge is 2.23. The highest BCUT2D eigenvalue weighted by atomic mass is 15.0. The standard InChI is InChI=1S/C25H22N2/c1-3-11-22-20(9-1)15-18-26-16-7-5-13-24(26)23-12-4-2-10-21(23)19-27-17-8-6-14-25(22)27/h1-14,16-17H,15,18-19H2/q+2. The molecule has 0 aliphatic carbocycles. The maximum Gasteiger partial charge on any atom is 0.213 e. The Morgan fingerprint density at radius 2 is 1.07 bits per heavy atom. The van der Waals surface area contributed by atoms with Gasteiger partial charge in [-0.25, -0.2) is 0 Å². The lowest BCUT2D eigenvalue weighted by Gasteiger charge is -2.08. The average Bonchev–Trinajstić information content (AvgIpc) is 2.75. The van der Waals surface area contributed by atoms with Crippen molar-refractivity contribution in [2.45, 2.75) is 19.5 Å². The molecule has 0 atom stereocenters. The first-order valence-electron chi connectivity index (χ1n) is 9.54. The Labute approximate surface area is 160 Å². The van der Waals surface area contributed by atoms with E-state index in [4.69, 9.17) is 0 Å². The summed E-state index contributed by atoms with van der Waals surface area (Å²) in [6.07, 6.45) is 5.40. The van der Waals surface area contributed by atoms with Gasteiger partial charge in [-0.3, -0.25) is 0 Å². The first kappa shape index (κ1) is 16.0. The van der Waals surface area contributed by atoms with E-state index in [1.807, 2.05) is 0 Å². The van der Waals surface area contributed by atoms with Crippen molar-refractivity contribution >= 4 is 0 Å². The van der Waals surface area contributed by atoms with Crippen molar-refractivity contribution in [2.75, 3.05) is 0 Å². The van der Waals surface area contributed by atoms with Gasteiger partial charge in [0.25, 0.3) is 0 Å². The Hall–Kier alpha value is -3.26. The van der Waals surface area contributed by atoms with Crippen LogP contribution in [-0.2, 0) is 19.5 Å². The zero-order valence-electron chi connectivity index (χ0n) is 15.3. The lowest BCUT2D eigenvalue weighted by atomic mass is 10.0. The van der Waals surface area contributed by atoms with Crippen LogP contribution in [-0.4, -0.2) is 0 Å². The number of fused-ring (bicyclic) bond motifs is 6. The average molecular weight is 350 g/mol. The minimum Gasteiger partial charge on any atom is -0.198 e. The summed E-state index contributed by atoms with van der Waals surface area (Å²) in [5.74, 6) is 0. The molecule has 3 heterocycles. The second-order valence-electron chi connectivity index (χ2n) is 7.06. The fraction of sp³-hybridized carbons (Fsp3) is 0.120. The summed E-state index contributed by atoms with van der Waals surface area (Å²) in [7, 11) is 0. The van der Waals surface area contributed by atoms with E-state index in [1.165, 1.54) is 33.6 Å². The van der Waals surface area contributed by atoms with E-state index in [1.54, 1.807) is 0 Å². The molecule has 0 radical (unpaired) electrons. The monoisotopic (exact) mass is 350 g/mol. The predicted octanol–water partition coefficient (Wildman–Crippen LogP) is 4.20. The number of nitrogens with zero attached hydrogens (tertiary/aromatic N) is 2. The number of aromatic nitrogens is 2. The van der Waals surface area contributed by atoms with Gasteiger partial charge in [-0.05, 0) is 29.8 Å². The Bertz CT molecular complexity index is 1030. The molecule has 0 fully saturated rings. The molecule has 2 nitrogen and oxygen atoms in total. The van der Waals surface area contributed by atoms with Gasteiger partial charge < -0.3 is 0 Å². The van der Waals surface area contributed by atoms with Crippen molar-refractivity contribution in [3.63, 3.8) is 0 Å². The summed E-state index contributed by atoms with van der Waals surface area (Å²) >= 11 is 0. The number of hydrogen-bond acceptors (Lipinski definition) is 0. The van der Waals surface area contributed by atoms with Gasteiger partial charge in [-0.1, -0.05) is 36.4 Å². The minimum absolute atomic E-state index is 0.857. The molecule has 0 unspecified atom stereocenters. The molecular weight excluding hydrogens is 328 g/mol. The van der Waals surface area contributed by atoms with Crippen molar-refractivity contribution in [1.29, 1.82) is 0 Å². The largest absolute Gasteiger partial charge is 0.213 e. The molecule has 2 heteroatoms. The second kappa shape index (κ2) is 6.81. The smallest absolute Gasteiger partial charge is 0.198 e. The molecule has 0 amide bonds. The maximum atomic E-state index is 2.39. The van der Waals surface area contributed by atoms with E-state index in [0.29, 0.717) is 0 Å². The molecule has 4 aromatic rings. The van der Waals surface area contributed by atoms with Gasteiger partial charge in [0.2, 0.25) is 11.4 Å². The molecule has 5 rings (SSSR count). The topological polar surface area (TPSA) is 7.76 Å². The lowest BCUT2D eigenvalue weighted by molar-refractivity contribution is -0.686. The minimum atomic E-state index is 0.857. The van der Waals surface area contributed by atoms with E-state index in [-0.39, 0.29) is 0 Å². The van der Waals surface area contributed by atoms with Gasteiger partial charge in [0.05, 0.1) is 5.56 Å². The molecule has 130 valence electrons. The van der Waals surface area contributed by atoms with E-state index in [9.17, 15) is 0 Å². The Morgan fingerprint density at radius 3 is 1.85 bits per heavy atom. The number of hydrogen-bond donors (Lipinski definition) is 0. The summed E-state index contributed by atoms with van der Waals surface area (Å²) in [5, 5.41) is 0. The van der Waals surface area contributed by atoms with Crippen molar-refractivity contribution in [1.82, 2.24) is 0 Å². The molecule has 1 aliphatic heterocycles. The first-order valence-corrected chi connectivity index (χ1v) is 9.54.